The molecule has 1 aliphatic rings. The van der Waals surface area contributed by atoms with Gasteiger partial charge in [0.25, 0.3) is 5.91 Å². The monoisotopic (exact) mass is 331 g/mol. The maximum absolute atomic E-state index is 12.4. The summed E-state index contributed by atoms with van der Waals surface area (Å²) in [4.78, 5) is 24.9. The molecule has 0 saturated carbocycles. The van der Waals surface area contributed by atoms with Crippen molar-refractivity contribution in [1.82, 2.24) is 4.90 Å². The summed E-state index contributed by atoms with van der Waals surface area (Å²) in [7, 11) is 1.45. The predicted octanol–water partition coefficient (Wildman–Crippen LogP) is 2.94. The number of carboxylic acids is 1. The molecule has 0 unspecified atom stereocenters. The van der Waals surface area contributed by atoms with Crippen LogP contribution in [0, 0.1) is 5.92 Å². The van der Waals surface area contributed by atoms with Crippen LogP contribution in [-0.4, -0.2) is 42.1 Å². The van der Waals surface area contributed by atoms with Gasteiger partial charge in [-0.3, -0.25) is 9.59 Å². The number of ether oxygens (including phenoxy) is 1. The van der Waals surface area contributed by atoms with Crippen molar-refractivity contribution in [3.8, 4) is 5.75 Å². The van der Waals surface area contributed by atoms with Gasteiger partial charge in [-0.05, 0) is 25.0 Å². The molecule has 0 atom stereocenters. The molecular formula is C14H15Cl2NO4. The average Bonchev–Trinajstić information content (AvgIpc) is 2.46. The Bertz CT molecular complexity index is 545. The molecular weight excluding hydrogens is 317 g/mol. The Hall–Kier alpha value is -1.46. The second-order valence-electron chi connectivity index (χ2n) is 4.88. The van der Waals surface area contributed by atoms with Gasteiger partial charge < -0.3 is 14.7 Å². The zero-order valence-electron chi connectivity index (χ0n) is 11.4. The van der Waals surface area contributed by atoms with Crippen molar-refractivity contribution in [1.29, 1.82) is 0 Å². The molecule has 0 bridgehead atoms. The van der Waals surface area contributed by atoms with Gasteiger partial charge in [0, 0.05) is 18.7 Å². The number of halogens is 2. The van der Waals surface area contributed by atoms with Crippen molar-refractivity contribution in [2.24, 2.45) is 5.92 Å². The van der Waals surface area contributed by atoms with Crippen molar-refractivity contribution in [2.75, 3.05) is 20.2 Å². The molecule has 0 spiro atoms. The topological polar surface area (TPSA) is 66.8 Å². The molecule has 1 aliphatic heterocycles. The van der Waals surface area contributed by atoms with Gasteiger partial charge in [0.2, 0.25) is 0 Å². The lowest BCUT2D eigenvalue weighted by Gasteiger charge is -2.30. The first-order valence-corrected chi connectivity index (χ1v) is 7.24. The van der Waals surface area contributed by atoms with Crippen LogP contribution in [0.2, 0.25) is 10.0 Å². The normalized spacial score (nSPS) is 15.9. The summed E-state index contributed by atoms with van der Waals surface area (Å²) in [5.41, 5.74) is 0.375. The minimum absolute atomic E-state index is 0.203. The Kier molecular flexibility index (Phi) is 4.96. The van der Waals surface area contributed by atoms with Crippen LogP contribution in [-0.2, 0) is 4.79 Å². The van der Waals surface area contributed by atoms with Crippen molar-refractivity contribution in [3.05, 3.63) is 27.7 Å². The second-order valence-corrected chi connectivity index (χ2v) is 5.69. The van der Waals surface area contributed by atoms with Gasteiger partial charge in [0.1, 0.15) is 0 Å². The van der Waals surface area contributed by atoms with Gasteiger partial charge in [0.15, 0.2) is 5.75 Å². The maximum Gasteiger partial charge on any atom is 0.306 e. The number of likely N-dealkylation sites (tertiary alicyclic amines) is 1. The maximum atomic E-state index is 12.4. The van der Waals surface area contributed by atoms with E-state index in [1.165, 1.54) is 19.2 Å². The van der Waals surface area contributed by atoms with Crippen LogP contribution in [0.5, 0.6) is 5.75 Å². The number of benzene rings is 1. The quantitative estimate of drug-likeness (QED) is 0.924. The molecule has 1 saturated heterocycles. The van der Waals surface area contributed by atoms with E-state index in [0.29, 0.717) is 37.2 Å². The number of amides is 1. The van der Waals surface area contributed by atoms with Gasteiger partial charge in [-0.2, -0.15) is 0 Å². The molecule has 5 nitrogen and oxygen atoms in total. The molecule has 7 heteroatoms. The number of hydrogen-bond donors (Lipinski definition) is 1. The number of piperidine rings is 1. The van der Waals surface area contributed by atoms with Crippen molar-refractivity contribution < 1.29 is 19.4 Å². The molecule has 1 heterocycles. The average molecular weight is 332 g/mol. The van der Waals surface area contributed by atoms with Gasteiger partial charge in [-0.25, -0.2) is 0 Å². The van der Waals surface area contributed by atoms with Crippen LogP contribution in [0.15, 0.2) is 12.1 Å². The van der Waals surface area contributed by atoms with Gasteiger partial charge >= 0.3 is 5.97 Å². The van der Waals surface area contributed by atoms with Gasteiger partial charge in [-0.15, -0.1) is 0 Å². The highest BCUT2D eigenvalue weighted by Crippen LogP contribution is 2.34. The number of methoxy groups -OCH3 is 1. The minimum atomic E-state index is -0.808. The van der Waals surface area contributed by atoms with Crippen LogP contribution in [0.1, 0.15) is 23.2 Å². The first-order chi connectivity index (χ1) is 9.93. The van der Waals surface area contributed by atoms with Gasteiger partial charge in [-0.1, -0.05) is 23.2 Å². The van der Waals surface area contributed by atoms with Crippen LogP contribution < -0.4 is 4.74 Å². The number of carbonyl (C=O) groups is 2. The summed E-state index contributed by atoms with van der Waals surface area (Å²) in [6, 6.07) is 3.02. The zero-order chi connectivity index (χ0) is 15.6. The lowest BCUT2D eigenvalue weighted by molar-refractivity contribution is -0.143. The molecule has 1 amide bonds. The van der Waals surface area contributed by atoms with Crippen molar-refractivity contribution in [2.45, 2.75) is 12.8 Å². The molecule has 0 aliphatic carbocycles. The molecule has 114 valence electrons. The second kappa shape index (κ2) is 6.54. The Labute approximate surface area is 132 Å². The number of nitrogens with zero attached hydrogens (tertiary/aromatic N) is 1. The Morgan fingerprint density at radius 3 is 2.19 bits per heavy atom. The molecule has 21 heavy (non-hydrogen) atoms. The Morgan fingerprint density at radius 2 is 1.76 bits per heavy atom. The van der Waals surface area contributed by atoms with E-state index in [1.807, 2.05) is 0 Å². The first-order valence-electron chi connectivity index (χ1n) is 6.49. The fraction of sp³-hybridized carbons (Fsp3) is 0.429. The number of carbonyl (C=O) groups excluding carboxylic acids is 1. The molecule has 0 radical (unpaired) electrons. The van der Waals surface area contributed by atoms with Crippen molar-refractivity contribution in [3.63, 3.8) is 0 Å². The van der Waals surface area contributed by atoms with Gasteiger partial charge in [0.05, 0.1) is 23.1 Å². The Morgan fingerprint density at radius 1 is 1.24 bits per heavy atom. The van der Waals surface area contributed by atoms with E-state index in [0.717, 1.165) is 0 Å². The summed E-state index contributed by atoms with van der Waals surface area (Å²) in [6.07, 6.45) is 0.914. The van der Waals surface area contributed by atoms with Crippen LogP contribution in [0.3, 0.4) is 0 Å². The third kappa shape index (κ3) is 3.41. The first kappa shape index (κ1) is 15.9. The summed E-state index contributed by atoms with van der Waals surface area (Å²) < 4.78 is 5.04. The molecule has 2 rings (SSSR count). The van der Waals surface area contributed by atoms with E-state index < -0.39 is 5.97 Å². The highest BCUT2D eigenvalue weighted by atomic mass is 35.5. The highest BCUT2D eigenvalue weighted by molar-refractivity contribution is 6.37. The lowest BCUT2D eigenvalue weighted by Crippen LogP contribution is -2.40. The number of hydrogen-bond acceptors (Lipinski definition) is 3. The van der Waals surface area contributed by atoms with E-state index in [9.17, 15) is 9.59 Å². The summed E-state index contributed by atoms with van der Waals surface area (Å²) in [5, 5.41) is 9.50. The summed E-state index contributed by atoms with van der Waals surface area (Å²) >= 11 is 12.0. The molecule has 1 aromatic carbocycles. The number of rotatable bonds is 3. The standard InChI is InChI=1S/C14H15Cl2NO4/c1-21-12-10(15)6-9(7-11(12)16)13(18)17-4-2-8(3-5-17)14(19)20/h6-8H,2-5H2,1H3,(H,19,20). The smallest absolute Gasteiger partial charge is 0.306 e. The van der Waals surface area contributed by atoms with E-state index >= 15 is 0 Å². The fourth-order valence-electron chi connectivity index (χ4n) is 2.39. The van der Waals surface area contributed by atoms with Crippen LogP contribution in [0.4, 0.5) is 0 Å². The number of carboxylic acid groups (broad SMARTS) is 1. The lowest BCUT2D eigenvalue weighted by atomic mass is 9.96. The largest absolute Gasteiger partial charge is 0.494 e. The van der Waals surface area contributed by atoms with Crippen LogP contribution >= 0.6 is 23.2 Å². The van der Waals surface area contributed by atoms with Crippen molar-refractivity contribution >= 4 is 35.1 Å². The SMILES string of the molecule is COc1c(Cl)cc(C(=O)N2CCC(C(=O)O)CC2)cc1Cl. The van der Waals surface area contributed by atoms with E-state index in [2.05, 4.69) is 0 Å². The molecule has 0 aromatic heterocycles. The third-order valence-corrected chi connectivity index (χ3v) is 4.14. The fourth-order valence-corrected chi connectivity index (χ4v) is 3.03. The molecule has 1 N–H and O–H groups in total. The number of aliphatic carboxylic acids is 1. The molecule has 1 aromatic rings. The van der Waals surface area contributed by atoms with E-state index in [4.69, 9.17) is 33.0 Å². The Balaban J connectivity index is 2.13. The minimum Gasteiger partial charge on any atom is -0.494 e. The van der Waals surface area contributed by atoms with E-state index in [-0.39, 0.29) is 21.9 Å². The zero-order valence-corrected chi connectivity index (χ0v) is 12.9. The predicted molar refractivity (Wildman–Crippen MR) is 79.3 cm³/mol. The summed E-state index contributed by atoms with van der Waals surface area (Å²) in [6.45, 7) is 0.828. The van der Waals surface area contributed by atoms with Crippen LogP contribution in [0.25, 0.3) is 0 Å². The highest BCUT2D eigenvalue weighted by Gasteiger charge is 2.28. The third-order valence-electron chi connectivity index (χ3n) is 3.58. The van der Waals surface area contributed by atoms with E-state index in [1.54, 1.807) is 4.90 Å². The summed E-state index contributed by atoms with van der Waals surface area (Å²) in [5.74, 6) is -1.06. The molecule has 1 fully saturated rings.